The topological polar surface area (TPSA) is 55.1 Å². The summed E-state index contributed by atoms with van der Waals surface area (Å²) in [6.45, 7) is 5.33. The van der Waals surface area contributed by atoms with Crippen LogP contribution in [0.1, 0.15) is 65.2 Å². The molecular formula is C15H30N2O. The van der Waals surface area contributed by atoms with Gasteiger partial charge < -0.3 is 11.1 Å². The van der Waals surface area contributed by atoms with Crippen molar-refractivity contribution >= 4 is 5.91 Å². The summed E-state index contributed by atoms with van der Waals surface area (Å²) in [7, 11) is 0. The number of unbranched alkanes of at least 4 members (excludes halogenated alkanes) is 1. The van der Waals surface area contributed by atoms with Gasteiger partial charge in [0.25, 0.3) is 0 Å². The van der Waals surface area contributed by atoms with Crippen LogP contribution in [0.25, 0.3) is 0 Å². The number of amides is 1. The van der Waals surface area contributed by atoms with Crippen LogP contribution in [0.5, 0.6) is 0 Å². The molecule has 0 heterocycles. The third-order valence-corrected chi connectivity index (χ3v) is 3.90. The second kappa shape index (κ2) is 8.52. The molecule has 0 aromatic heterocycles. The maximum atomic E-state index is 11.7. The van der Waals surface area contributed by atoms with Crippen molar-refractivity contribution in [3.8, 4) is 0 Å². The number of nitrogens with two attached hydrogens (primary N) is 1. The molecule has 3 nitrogen and oxygen atoms in total. The molecular weight excluding hydrogens is 224 g/mol. The summed E-state index contributed by atoms with van der Waals surface area (Å²) >= 11 is 0. The molecule has 1 aliphatic carbocycles. The van der Waals surface area contributed by atoms with Crippen LogP contribution in [-0.2, 0) is 4.79 Å². The summed E-state index contributed by atoms with van der Waals surface area (Å²) in [6.07, 6.45) is 8.73. The van der Waals surface area contributed by atoms with Crippen LogP contribution >= 0.6 is 0 Å². The van der Waals surface area contributed by atoms with Gasteiger partial charge in [0.1, 0.15) is 0 Å². The Balaban J connectivity index is 2.00. The Hall–Kier alpha value is -0.570. The number of carbonyl (C=O) groups is 1. The Morgan fingerprint density at radius 1 is 1.22 bits per heavy atom. The van der Waals surface area contributed by atoms with Crippen molar-refractivity contribution in [2.45, 2.75) is 71.3 Å². The molecule has 3 heteroatoms. The highest BCUT2D eigenvalue weighted by molar-refractivity contribution is 5.76. The van der Waals surface area contributed by atoms with E-state index in [0.717, 1.165) is 44.6 Å². The van der Waals surface area contributed by atoms with Crippen molar-refractivity contribution in [2.24, 2.45) is 17.6 Å². The van der Waals surface area contributed by atoms with E-state index in [4.69, 9.17) is 5.73 Å². The van der Waals surface area contributed by atoms with Gasteiger partial charge in [-0.3, -0.25) is 4.79 Å². The van der Waals surface area contributed by atoms with E-state index >= 15 is 0 Å². The summed E-state index contributed by atoms with van der Waals surface area (Å²) in [5.74, 6) is 1.58. The summed E-state index contributed by atoms with van der Waals surface area (Å²) in [5, 5.41) is 3.04. The number of hydrogen-bond acceptors (Lipinski definition) is 2. The molecule has 1 rings (SSSR count). The predicted octanol–water partition coefficient (Wildman–Crippen LogP) is 2.84. The van der Waals surface area contributed by atoms with E-state index in [1.54, 1.807) is 0 Å². The van der Waals surface area contributed by atoms with Gasteiger partial charge in [-0.25, -0.2) is 0 Å². The van der Waals surface area contributed by atoms with Crippen molar-refractivity contribution in [3.05, 3.63) is 0 Å². The van der Waals surface area contributed by atoms with Crippen LogP contribution in [0, 0.1) is 11.8 Å². The molecule has 18 heavy (non-hydrogen) atoms. The van der Waals surface area contributed by atoms with Gasteiger partial charge >= 0.3 is 0 Å². The molecule has 0 atom stereocenters. The molecule has 0 aromatic rings. The third kappa shape index (κ3) is 7.00. The Kier molecular flexibility index (Phi) is 7.33. The highest BCUT2D eigenvalue weighted by Crippen LogP contribution is 2.25. The highest BCUT2D eigenvalue weighted by atomic mass is 16.1. The number of hydrogen-bond donors (Lipinski definition) is 2. The van der Waals surface area contributed by atoms with Crippen LogP contribution in [-0.4, -0.2) is 18.5 Å². The monoisotopic (exact) mass is 254 g/mol. The van der Waals surface area contributed by atoms with E-state index in [1.165, 1.54) is 12.8 Å². The molecule has 0 bridgehead atoms. The van der Waals surface area contributed by atoms with E-state index < -0.39 is 0 Å². The fourth-order valence-corrected chi connectivity index (χ4v) is 2.63. The lowest BCUT2D eigenvalue weighted by Crippen LogP contribution is -2.31. The summed E-state index contributed by atoms with van der Waals surface area (Å²) in [4.78, 5) is 11.7. The minimum absolute atomic E-state index is 0.236. The number of nitrogens with one attached hydrogen (secondary N) is 1. The van der Waals surface area contributed by atoms with Gasteiger partial charge in [0, 0.05) is 19.0 Å². The second-order valence-electron chi connectivity index (χ2n) is 6.22. The van der Waals surface area contributed by atoms with E-state index in [0.29, 0.717) is 18.4 Å². The predicted molar refractivity (Wildman–Crippen MR) is 76.2 cm³/mol. The van der Waals surface area contributed by atoms with Gasteiger partial charge in [-0.15, -0.1) is 0 Å². The fourth-order valence-electron chi connectivity index (χ4n) is 2.63. The Bertz CT molecular complexity index is 233. The lowest BCUT2D eigenvalue weighted by molar-refractivity contribution is -0.122. The summed E-state index contributed by atoms with van der Waals surface area (Å²) in [6, 6.07) is 0.375. The Morgan fingerprint density at radius 2 is 1.89 bits per heavy atom. The number of rotatable bonds is 7. The van der Waals surface area contributed by atoms with Crippen molar-refractivity contribution in [1.82, 2.24) is 5.32 Å². The van der Waals surface area contributed by atoms with E-state index in [-0.39, 0.29) is 5.91 Å². The quantitative estimate of drug-likeness (QED) is 0.686. The van der Waals surface area contributed by atoms with Crippen molar-refractivity contribution in [3.63, 3.8) is 0 Å². The molecule has 106 valence electrons. The van der Waals surface area contributed by atoms with Crippen molar-refractivity contribution < 1.29 is 4.79 Å². The van der Waals surface area contributed by atoms with E-state index in [2.05, 4.69) is 19.2 Å². The van der Waals surface area contributed by atoms with Crippen LogP contribution < -0.4 is 11.1 Å². The van der Waals surface area contributed by atoms with Gasteiger partial charge in [-0.2, -0.15) is 0 Å². The first kappa shape index (κ1) is 15.5. The van der Waals surface area contributed by atoms with E-state index in [9.17, 15) is 4.79 Å². The van der Waals surface area contributed by atoms with Crippen LogP contribution in [0.4, 0.5) is 0 Å². The standard InChI is InChI=1S/C15H30N2O/c1-12(2)5-3-4-10-17-15(18)11-13-6-8-14(16)9-7-13/h12-14H,3-11,16H2,1-2H3,(H,17,18). The Morgan fingerprint density at radius 3 is 2.50 bits per heavy atom. The van der Waals surface area contributed by atoms with Gasteiger partial charge in [0.15, 0.2) is 0 Å². The average Bonchev–Trinajstić information content (AvgIpc) is 2.31. The van der Waals surface area contributed by atoms with Crippen LogP contribution in [0.2, 0.25) is 0 Å². The highest BCUT2D eigenvalue weighted by Gasteiger charge is 2.20. The zero-order valence-corrected chi connectivity index (χ0v) is 12.1. The van der Waals surface area contributed by atoms with Crippen LogP contribution in [0.15, 0.2) is 0 Å². The first-order chi connectivity index (χ1) is 8.58. The minimum Gasteiger partial charge on any atom is -0.356 e. The molecule has 1 saturated carbocycles. The molecule has 1 aliphatic rings. The van der Waals surface area contributed by atoms with Crippen molar-refractivity contribution in [2.75, 3.05) is 6.54 Å². The second-order valence-corrected chi connectivity index (χ2v) is 6.22. The SMILES string of the molecule is CC(C)CCCCNC(=O)CC1CCC(N)CC1. The molecule has 3 N–H and O–H groups in total. The molecule has 0 unspecified atom stereocenters. The molecule has 0 spiro atoms. The smallest absolute Gasteiger partial charge is 0.220 e. The fraction of sp³-hybridized carbons (Fsp3) is 0.933. The van der Waals surface area contributed by atoms with Gasteiger partial charge in [0.2, 0.25) is 5.91 Å². The normalized spacial score (nSPS) is 24.2. The van der Waals surface area contributed by atoms with Gasteiger partial charge in [-0.05, 0) is 43.9 Å². The molecule has 0 radical (unpaired) electrons. The summed E-state index contributed by atoms with van der Waals surface area (Å²) in [5.41, 5.74) is 5.87. The largest absolute Gasteiger partial charge is 0.356 e. The molecule has 0 saturated heterocycles. The minimum atomic E-state index is 0.236. The molecule has 0 aromatic carbocycles. The van der Waals surface area contributed by atoms with Crippen molar-refractivity contribution in [1.29, 1.82) is 0 Å². The molecule has 1 fully saturated rings. The van der Waals surface area contributed by atoms with Gasteiger partial charge in [0.05, 0.1) is 0 Å². The first-order valence-electron chi connectivity index (χ1n) is 7.60. The zero-order valence-electron chi connectivity index (χ0n) is 12.1. The average molecular weight is 254 g/mol. The lowest BCUT2D eigenvalue weighted by Gasteiger charge is -2.25. The van der Waals surface area contributed by atoms with E-state index in [1.807, 2.05) is 0 Å². The maximum absolute atomic E-state index is 11.7. The third-order valence-electron chi connectivity index (χ3n) is 3.90. The lowest BCUT2D eigenvalue weighted by atomic mass is 9.84. The van der Waals surface area contributed by atoms with Crippen LogP contribution in [0.3, 0.4) is 0 Å². The molecule has 0 aliphatic heterocycles. The number of carbonyl (C=O) groups excluding carboxylic acids is 1. The van der Waals surface area contributed by atoms with Gasteiger partial charge in [-0.1, -0.05) is 26.7 Å². The first-order valence-corrected chi connectivity index (χ1v) is 7.60. The Labute approximate surface area is 112 Å². The summed E-state index contributed by atoms with van der Waals surface area (Å²) < 4.78 is 0. The maximum Gasteiger partial charge on any atom is 0.220 e. The zero-order chi connectivity index (χ0) is 13.4. The molecule has 1 amide bonds.